The maximum absolute atomic E-state index is 14.8. The van der Waals surface area contributed by atoms with Crippen molar-refractivity contribution in [3.63, 3.8) is 0 Å². The Morgan fingerprint density at radius 1 is 0.776 bits per heavy atom. The third kappa shape index (κ3) is 10.1. The van der Waals surface area contributed by atoms with Crippen molar-refractivity contribution < 1.29 is 32.7 Å². The summed E-state index contributed by atoms with van der Waals surface area (Å²) in [6.45, 7) is 14.7. The zero-order chi connectivity index (χ0) is 36.0. The zero-order valence-electron chi connectivity index (χ0n) is 29.7. The number of nitrogens with zero attached hydrogens (tertiary/aromatic N) is 1. The monoisotopic (exact) mass is 691 g/mol. The Balaban J connectivity index is 1.69. The summed E-state index contributed by atoms with van der Waals surface area (Å²) in [6.07, 6.45) is -0.406. The molecule has 3 amide bonds. The fraction of sp³-hybridized carbons (Fsp3) is 0.447. The Bertz CT molecular complexity index is 1560. The van der Waals surface area contributed by atoms with E-state index >= 15 is 0 Å². The van der Waals surface area contributed by atoms with Gasteiger partial charge in [0.25, 0.3) is 0 Å². The number of amides is 3. The van der Waals surface area contributed by atoms with Gasteiger partial charge in [-0.2, -0.15) is 0 Å². The summed E-state index contributed by atoms with van der Waals surface area (Å²) in [7, 11) is -4.13. The van der Waals surface area contributed by atoms with Crippen molar-refractivity contribution in [1.29, 1.82) is 0 Å². The Kier molecular flexibility index (Phi) is 11.9. The van der Waals surface area contributed by atoms with Crippen LogP contribution in [-0.4, -0.2) is 52.8 Å². The van der Waals surface area contributed by atoms with Crippen LogP contribution in [-0.2, 0) is 18.9 Å². The van der Waals surface area contributed by atoms with Gasteiger partial charge in [0.05, 0.1) is 0 Å². The van der Waals surface area contributed by atoms with E-state index in [-0.39, 0.29) is 12.5 Å². The summed E-state index contributed by atoms with van der Waals surface area (Å²) < 4.78 is 32.5. The van der Waals surface area contributed by atoms with Crippen molar-refractivity contribution in [3.05, 3.63) is 96.6 Å². The normalized spacial score (nSPS) is 17.9. The Hall–Kier alpha value is -4.30. The maximum atomic E-state index is 14.8. The van der Waals surface area contributed by atoms with Crippen LogP contribution in [0.25, 0.3) is 0 Å². The molecule has 10 nitrogen and oxygen atoms in total. The lowest BCUT2D eigenvalue weighted by Gasteiger charge is -2.36. The highest BCUT2D eigenvalue weighted by atomic mass is 31.2. The second kappa shape index (κ2) is 15.5. The predicted molar refractivity (Wildman–Crippen MR) is 190 cm³/mol. The molecule has 3 aromatic rings. The van der Waals surface area contributed by atoms with Crippen LogP contribution in [0.4, 0.5) is 4.79 Å². The van der Waals surface area contributed by atoms with Gasteiger partial charge in [-0.3, -0.25) is 9.59 Å². The molecule has 0 radical (unpaired) electrons. The van der Waals surface area contributed by atoms with Gasteiger partial charge in [-0.25, -0.2) is 9.36 Å². The molecule has 0 bridgehead atoms. The topological polar surface area (TPSA) is 123 Å². The van der Waals surface area contributed by atoms with E-state index in [1.54, 1.807) is 69.3 Å². The van der Waals surface area contributed by atoms with Crippen molar-refractivity contribution in [3.8, 4) is 11.5 Å². The number of rotatable bonds is 11. The van der Waals surface area contributed by atoms with Gasteiger partial charge in [-0.1, -0.05) is 101 Å². The first kappa shape index (κ1) is 37.5. The molecule has 0 spiro atoms. The van der Waals surface area contributed by atoms with Crippen LogP contribution < -0.4 is 19.7 Å². The average Bonchev–Trinajstić information content (AvgIpc) is 3.48. The molecule has 0 saturated carbocycles. The molecule has 4 rings (SSSR count). The molecule has 1 aliphatic rings. The molecule has 11 heteroatoms. The first-order valence-corrected chi connectivity index (χ1v) is 18.3. The third-order valence-electron chi connectivity index (χ3n) is 8.15. The van der Waals surface area contributed by atoms with Gasteiger partial charge in [-0.15, -0.1) is 0 Å². The highest BCUT2D eigenvalue weighted by Crippen LogP contribution is 2.54. The van der Waals surface area contributed by atoms with Crippen molar-refractivity contribution in [2.45, 2.75) is 91.2 Å². The molecule has 1 heterocycles. The molecule has 1 aliphatic heterocycles. The number of carbonyl (C=O) groups is 3. The van der Waals surface area contributed by atoms with Crippen LogP contribution in [0.3, 0.4) is 0 Å². The van der Waals surface area contributed by atoms with Crippen molar-refractivity contribution >= 4 is 25.5 Å². The zero-order valence-corrected chi connectivity index (χ0v) is 30.6. The predicted octanol–water partition coefficient (Wildman–Crippen LogP) is 7.76. The van der Waals surface area contributed by atoms with Gasteiger partial charge >= 0.3 is 13.7 Å². The van der Waals surface area contributed by atoms with E-state index in [0.717, 1.165) is 5.56 Å². The first-order valence-electron chi connectivity index (χ1n) is 16.7. The summed E-state index contributed by atoms with van der Waals surface area (Å²) in [6, 6.07) is 25.1. The van der Waals surface area contributed by atoms with Crippen LogP contribution in [0.15, 0.2) is 91.0 Å². The summed E-state index contributed by atoms with van der Waals surface area (Å²) in [4.78, 5) is 43.3. The maximum Gasteiger partial charge on any atom is 0.453 e. The fourth-order valence-corrected chi connectivity index (χ4v) is 7.89. The number of hydrogen-bond acceptors (Lipinski definition) is 7. The number of likely N-dealkylation sites (tertiary alicyclic amines) is 1. The Morgan fingerprint density at radius 2 is 1.27 bits per heavy atom. The molecule has 3 aromatic carbocycles. The number of alkyl carbamates (subject to hydrolysis) is 1. The average molecular weight is 692 g/mol. The number of carbonyl (C=O) groups excluding carboxylic acids is 3. The second-order valence-electron chi connectivity index (χ2n) is 14.8. The molecule has 1 saturated heterocycles. The van der Waals surface area contributed by atoms with E-state index in [4.69, 9.17) is 13.8 Å². The van der Waals surface area contributed by atoms with E-state index in [2.05, 4.69) is 10.6 Å². The number of hydrogen-bond donors (Lipinski definition) is 2. The van der Waals surface area contributed by atoms with E-state index < -0.39 is 60.3 Å². The van der Waals surface area contributed by atoms with Gasteiger partial charge < -0.3 is 29.3 Å². The molecule has 0 aliphatic carbocycles. The minimum absolute atomic E-state index is 0.159. The molecular formula is C38H50N3O7P. The van der Waals surface area contributed by atoms with Crippen LogP contribution in [0.2, 0.25) is 0 Å². The molecule has 0 aromatic heterocycles. The SMILES string of the molecule is CC(C)C(NC(=O)[C@@H]1C[C@@H](c2ccccc2)CN1C(=O)[C@@H](NC(=O)OC(C)(C)C)C(C)(C)C)P(=O)(Oc1ccccc1)Oc1ccccc1. The van der Waals surface area contributed by atoms with Gasteiger partial charge in [0.1, 0.15) is 29.2 Å². The lowest BCUT2D eigenvalue weighted by Crippen LogP contribution is -2.58. The molecule has 1 unspecified atom stereocenters. The highest BCUT2D eigenvalue weighted by molar-refractivity contribution is 7.55. The third-order valence-corrected chi connectivity index (χ3v) is 10.5. The van der Waals surface area contributed by atoms with E-state index in [9.17, 15) is 18.9 Å². The summed E-state index contributed by atoms with van der Waals surface area (Å²) in [5.74, 6) is -1.89. The molecule has 1 fully saturated rings. The number of ether oxygens (including phenoxy) is 1. The van der Waals surface area contributed by atoms with Gasteiger partial charge in [0, 0.05) is 12.5 Å². The minimum atomic E-state index is -4.13. The van der Waals surface area contributed by atoms with Crippen molar-refractivity contribution in [2.75, 3.05) is 6.54 Å². The molecule has 2 N–H and O–H groups in total. The van der Waals surface area contributed by atoms with E-state index in [0.29, 0.717) is 17.9 Å². The van der Waals surface area contributed by atoms with Gasteiger partial charge in [0.15, 0.2) is 5.78 Å². The molecule has 264 valence electrons. The van der Waals surface area contributed by atoms with E-state index in [1.165, 1.54) is 4.90 Å². The van der Waals surface area contributed by atoms with Crippen LogP contribution >= 0.6 is 7.60 Å². The van der Waals surface area contributed by atoms with Gasteiger partial charge in [-0.05, 0) is 68.4 Å². The number of benzene rings is 3. The summed E-state index contributed by atoms with van der Waals surface area (Å²) >= 11 is 0. The summed E-state index contributed by atoms with van der Waals surface area (Å²) in [5, 5.41) is 5.76. The second-order valence-corrected chi connectivity index (χ2v) is 16.8. The Morgan fingerprint density at radius 3 is 1.71 bits per heavy atom. The smallest absolute Gasteiger partial charge is 0.444 e. The fourth-order valence-electron chi connectivity index (χ4n) is 5.78. The Labute approximate surface area is 290 Å². The number of para-hydroxylation sites is 2. The standard InChI is InChI=1S/C38H50N3O7P/c1-26(2)34(49(45,47-29-20-14-10-15-21-29)48-30-22-16-11-17-23-30)40-33(42)31-24-28(27-18-12-9-13-19-27)25-41(31)35(43)32(37(3,4)5)39-36(44)46-38(6,7)8/h9-23,26,28,31-32,34H,24-25H2,1-8H3,(H,39,44)(H,40,42)/t28-,31+,32-,34?/m1/s1. The van der Waals surface area contributed by atoms with Crippen LogP contribution in [0.1, 0.15) is 73.3 Å². The van der Waals surface area contributed by atoms with Crippen LogP contribution in [0, 0.1) is 11.3 Å². The number of nitrogens with one attached hydrogen (secondary N) is 2. The van der Waals surface area contributed by atoms with Gasteiger partial charge in [0.2, 0.25) is 11.8 Å². The largest absolute Gasteiger partial charge is 0.453 e. The lowest BCUT2D eigenvalue weighted by molar-refractivity contribution is -0.142. The van der Waals surface area contributed by atoms with Crippen molar-refractivity contribution in [2.24, 2.45) is 11.3 Å². The quantitative estimate of drug-likeness (QED) is 0.197. The molecule has 4 atom stereocenters. The minimum Gasteiger partial charge on any atom is -0.444 e. The van der Waals surface area contributed by atoms with Crippen LogP contribution in [0.5, 0.6) is 11.5 Å². The first-order chi connectivity index (χ1) is 23.0. The van der Waals surface area contributed by atoms with Crippen molar-refractivity contribution in [1.82, 2.24) is 15.5 Å². The molecular weight excluding hydrogens is 641 g/mol. The lowest BCUT2D eigenvalue weighted by atomic mass is 9.85. The molecule has 49 heavy (non-hydrogen) atoms. The van der Waals surface area contributed by atoms with E-state index in [1.807, 2.05) is 77.1 Å². The summed E-state index contributed by atoms with van der Waals surface area (Å²) in [5.41, 5.74) is -0.509. The highest BCUT2D eigenvalue weighted by Gasteiger charge is 2.48.